The summed E-state index contributed by atoms with van der Waals surface area (Å²) in [4.78, 5) is 11.9. The molecule has 102 valence electrons. The molecule has 0 bridgehead atoms. The Morgan fingerprint density at radius 1 is 1.11 bits per heavy atom. The van der Waals surface area contributed by atoms with Crippen LogP contribution in [0.15, 0.2) is 5.16 Å². The zero-order chi connectivity index (χ0) is 13.5. The highest BCUT2D eigenvalue weighted by atomic mass is 32.2. The van der Waals surface area contributed by atoms with E-state index in [0.29, 0.717) is 42.7 Å². The van der Waals surface area contributed by atoms with E-state index < -0.39 is 5.76 Å². The van der Waals surface area contributed by atoms with E-state index in [1.54, 1.807) is 0 Å². The molecule has 1 heterocycles. The summed E-state index contributed by atoms with van der Waals surface area (Å²) in [6.45, 7) is 7.24. The van der Waals surface area contributed by atoms with Gasteiger partial charge in [-0.1, -0.05) is 13.8 Å². The van der Waals surface area contributed by atoms with Crippen molar-refractivity contribution in [2.45, 2.75) is 31.7 Å². The monoisotopic (exact) mass is 277 g/mol. The van der Waals surface area contributed by atoms with E-state index in [2.05, 4.69) is 25.6 Å². The Kier molecular flexibility index (Phi) is 6.03. The van der Waals surface area contributed by atoms with Crippen LogP contribution in [0.4, 0.5) is 20.7 Å². The van der Waals surface area contributed by atoms with E-state index in [9.17, 15) is 8.78 Å². The zero-order valence-corrected chi connectivity index (χ0v) is 11.4. The Morgan fingerprint density at radius 2 is 1.72 bits per heavy atom. The van der Waals surface area contributed by atoms with E-state index in [-0.39, 0.29) is 5.16 Å². The van der Waals surface area contributed by atoms with Crippen molar-refractivity contribution in [2.24, 2.45) is 5.92 Å². The van der Waals surface area contributed by atoms with Crippen LogP contribution in [-0.2, 0) is 0 Å². The number of nitrogens with one attached hydrogen (secondary N) is 2. The van der Waals surface area contributed by atoms with Crippen molar-refractivity contribution in [3.8, 4) is 0 Å². The van der Waals surface area contributed by atoms with Crippen molar-refractivity contribution in [1.29, 1.82) is 0 Å². The van der Waals surface area contributed by atoms with Crippen LogP contribution in [0.1, 0.15) is 20.8 Å². The fourth-order valence-corrected chi connectivity index (χ4v) is 1.54. The number of halogens is 2. The number of aromatic nitrogens is 3. The fourth-order valence-electron chi connectivity index (χ4n) is 1.10. The second-order valence-electron chi connectivity index (χ2n) is 3.95. The summed E-state index contributed by atoms with van der Waals surface area (Å²) in [7, 11) is 0. The molecule has 1 aromatic rings. The molecule has 0 aromatic carbocycles. The lowest BCUT2D eigenvalue weighted by atomic mass is 10.2. The third-order valence-corrected chi connectivity index (χ3v) is 2.38. The van der Waals surface area contributed by atoms with Gasteiger partial charge in [-0.15, -0.1) is 0 Å². The van der Waals surface area contributed by atoms with Crippen LogP contribution in [0.2, 0.25) is 0 Å². The van der Waals surface area contributed by atoms with Gasteiger partial charge in [0.2, 0.25) is 11.9 Å². The summed E-state index contributed by atoms with van der Waals surface area (Å²) < 4.78 is 24.6. The second kappa shape index (κ2) is 7.30. The number of nitrogens with zero attached hydrogens (tertiary/aromatic N) is 3. The lowest BCUT2D eigenvalue weighted by Crippen LogP contribution is -2.13. The van der Waals surface area contributed by atoms with Crippen LogP contribution in [-0.4, -0.2) is 33.8 Å². The first-order chi connectivity index (χ1) is 8.51. The molecule has 1 rings (SSSR count). The third kappa shape index (κ3) is 5.44. The van der Waals surface area contributed by atoms with E-state index in [1.165, 1.54) is 0 Å². The summed E-state index contributed by atoms with van der Waals surface area (Å²) in [5.74, 6) is -1.50. The van der Waals surface area contributed by atoms with Crippen LogP contribution in [0.5, 0.6) is 0 Å². The first-order valence-corrected chi connectivity index (χ1v) is 6.57. The van der Waals surface area contributed by atoms with Gasteiger partial charge in [0.15, 0.2) is 5.16 Å². The number of anilines is 2. The highest BCUT2D eigenvalue weighted by Gasteiger charge is 2.12. The molecule has 1 aromatic heterocycles. The maximum absolute atomic E-state index is 12.3. The molecule has 0 atom stereocenters. The molecule has 0 aliphatic rings. The number of rotatable bonds is 7. The number of thioether (sulfide) groups is 1. The summed E-state index contributed by atoms with van der Waals surface area (Å²) in [5, 5.41) is 5.90. The predicted octanol–water partition coefficient (Wildman–Crippen LogP) is 2.69. The van der Waals surface area contributed by atoms with Gasteiger partial charge in [-0.3, -0.25) is 0 Å². The Bertz CT molecular complexity index is 375. The minimum absolute atomic E-state index is 0.0159. The van der Waals surface area contributed by atoms with Crippen molar-refractivity contribution in [3.05, 3.63) is 0 Å². The summed E-state index contributed by atoms with van der Waals surface area (Å²) in [6, 6.07) is 0. The molecule has 2 N–H and O–H groups in total. The first-order valence-electron chi connectivity index (χ1n) is 5.70. The molecule has 0 saturated heterocycles. The van der Waals surface area contributed by atoms with Gasteiger partial charge in [0.1, 0.15) is 0 Å². The van der Waals surface area contributed by atoms with Crippen molar-refractivity contribution in [2.75, 3.05) is 23.7 Å². The van der Waals surface area contributed by atoms with Crippen LogP contribution < -0.4 is 10.6 Å². The standard InChI is InChI=1S/C10H17F2N5S/c1-4-13-8-15-9(14-5-6(2)3)17-10(16-8)18-7(11)12/h6-7H,4-5H2,1-3H3,(H2,13,14,15,16,17). The van der Waals surface area contributed by atoms with Gasteiger partial charge >= 0.3 is 0 Å². The van der Waals surface area contributed by atoms with Crippen molar-refractivity contribution >= 4 is 23.7 Å². The fraction of sp³-hybridized carbons (Fsp3) is 0.700. The van der Waals surface area contributed by atoms with Gasteiger partial charge in [0.05, 0.1) is 0 Å². The molecule has 8 heteroatoms. The van der Waals surface area contributed by atoms with Gasteiger partial charge in [-0.05, 0) is 24.6 Å². The van der Waals surface area contributed by atoms with Crippen molar-refractivity contribution in [3.63, 3.8) is 0 Å². The predicted molar refractivity (Wildman–Crippen MR) is 69.2 cm³/mol. The van der Waals surface area contributed by atoms with Crippen LogP contribution in [0.3, 0.4) is 0 Å². The summed E-state index contributed by atoms with van der Waals surface area (Å²) in [5.41, 5.74) is 0. The van der Waals surface area contributed by atoms with Gasteiger partial charge in [-0.25, -0.2) is 0 Å². The number of hydrogen-bond donors (Lipinski definition) is 2. The Morgan fingerprint density at radius 3 is 2.22 bits per heavy atom. The van der Waals surface area contributed by atoms with Crippen LogP contribution >= 0.6 is 11.8 Å². The van der Waals surface area contributed by atoms with Gasteiger partial charge < -0.3 is 10.6 Å². The molecule has 0 unspecified atom stereocenters. The van der Waals surface area contributed by atoms with Gasteiger partial charge in [0.25, 0.3) is 5.76 Å². The number of hydrogen-bond acceptors (Lipinski definition) is 6. The smallest absolute Gasteiger partial charge is 0.291 e. The van der Waals surface area contributed by atoms with E-state index in [4.69, 9.17) is 0 Å². The molecule has 18 heavy (non-hydrogen) atoms. The third-order valence-electron chi connectivity index (χ3n) is 1.81. The summed E-state index contributed by atoms with van der Waals surface area (Å²) in [6.07, 6.45) is 0. The zero-order valence-electron chi connectivity index (χ0n) is 10.6. The molecular weight excluding hydrogens is 260 g/mol. The Labute approximate surface area is 109 Å². The average molecular weight is 277 g/mol. The minimum atomic E-state index is -2.54. The molecular formula is C10H17F2N5S. The van der Waals surface area contributed by atoms with E-state index >= 15 is 0 Å². The SMILES string of the molecule is CCNc1nc(NCC(C)C)nc(SC(F)F)n1. The summed E-state index contributed by atoms with van der Waals surface area (Å²) >= 11 is 0.311. The molecule has 0 saturated carbocycles. The highest BCUT2D eigenvalue weighted by molar-refractivity contribution is 7.99. The van der Waals surface area contributed by atoms with E-state index in [0.717, 1.165) is 0 Å². The molecule has 0 radical (unpaired) electrons. The van der Waals surface area contributed by atoms with Gasteiger partial charge in [-0.2, -0.15) is 23.7 Å². The van der Waals surface area contributed by atoms with Gasteiger partial charge in [0, 0.05) is 13.1 Å². The topological polar surface area (TPSA) is 62.7 Å². The largest absolute Gasteiger partial charge is 0.354 e. The van der Waals surface area contributed by atoms with Crippen molar-refractivity contribution in [1.82, 2.24) is 15.0 Å². The molecule has 0 spiro atoms. The van der Waals surface area contributed by atoms with Crippen LogP contribution in [0, 0.1) is 5.92 Å². The first kappa shape index (κ1) is 14.9. The Balaban J connectivity index is 2.83. The lowest BCUT2D eigenvalue weighted by molar-refractivity contribution is 0.251. The van der Waals surface area contributed by atoms with E-state index in [1.807, 2.05) is 20.8 Å². The average Bonchev–Trinajstić information content (AvgIpc) is 2.25. The van der Waals surface area contributed by atoms with Crippen LogP contribution in [0.25, 0.3) is 0 Å². The molecule has 0 amide bonds. The molecule has 5 nitrogen and oxygen atoms in total. The molecule has 0 fully saturated rings. The normalized spacial score (nSPS) is 11.1. The highest BCUT2D eigenvalue weighted by Crippen LogP contribution is 2.23. The van der Waals surface area contributed by atoms with Crippen molar-refractivity contribution < 1.29 is 8.78 Å². The quantitative estimate of drug-likeness (QED) is 0.747. The maximum Gasteiger partial charge on any atom is 0.291 e. The minimum Gasteiger partial charge on any atom is -0.354 e. The second-order valence-corrected chi connectivity index (χ2v) is 4.91. The lowest BCUT2D eigenvalue weighted by Gasteiger charge is -2.10. The molecule has 0 aliphatic carbocycles. The Hall–Kier alpha value is -1.18. The maximum atomic E-state index is 12.3. The molecule has 0 aliphatic heterocycles. The number of alkyl halides is 2.